The van der Waals surface area contributed by atoms with Crippen LogP contribution in [0.25, 0.3) is 0 Å². The highest BCUT2D eigenvalue weighted by Gasteiger charge is 2.22. The highest BCUT2D eigenvalue weighted by molar-refractivity contribution is 7.98. The number of para-hydroxylation sites is 1. The van der Waals surface area contributed by atoms with Gasteiger partial charge in [-0.25, -0.2) is 14.4 Å². The van der Waals surface area contributed by atoms with Crippen LogP contribution in [-0.2, 0) is 14.3 Å². The van der Waals surface area contributed by atoms with Gasteiger partial charge in [-0.2, -0.15) is 11.8 Å². The van der Waals surface area contributed by atoms with E-state index in [4.69, 9.17) is 4.74 Å². The van der Waals surface area contributed by atoms with Gasteiger partial charge >= 0.3 is 18.0 Å². The van der Waals surface area contributed by atoms with Crippen LogP contribution in [0, 0.1) is 0 Å². The molecule has 0 fully saturated rings. The van der Waals surface area contributed by atoms with Gasteiger partial charge in [0.1, 0.15) is 6.04 Å². The molecule has 0 heterocycles. The maximum absolute atomic E-state index is 12.2. The smallest absolute Gasteiger partial charge is 0.339 e. The summed E-state index contributed by atoms with van der Waals surface area (Å²) >= 11 is 1.57. The Morgan fingerprint density at radius 2 is 1.96 bits per heavy atom. The van der Waals surface area contributed by atoms with Gasteiger partial charge in [-0.05, 0) is 37.5 Å². The number of hydrogen-bond acceptors (Lipinski definition) is 6. The molecule has 8 heteroatoms. The van der Waals surface area contributed by atoms with E-state index in [-0.39, 0.29) is 12.2 Å². The van der Waals surface area contributed by atoms with Crippen LogP contribution in [0.15, 0.2) is 24.3 Å². The number of rotatable bonds is 8. The second-order valence-electron chi connectivity index (χ2n) is 4.72. The molecule has 1 rings (SSSR count). The van der Waals surface area contributed by atoms with Gasteiger partial charge in [0.25, 0.3) is 0 Å². The van der Waals surface area contributed by atoms with Gasteiger partial charge in [0.05, 0.1) is 25.0 Å². The monoisotopic (exact) mass is 354 g/mol. The third-order valence-electron chi connectivity index (χ3n) is 3.07. The Morgan fingerprint density at radius 1 is 1.25 bits per heavy atom. The minimum atomic E-state index is -0.748. The van der Waals surface area contributed by atoms with E-state index in [0.29, 0.717) is 17.9 Å². The second kappa shape index (κ2) is 10.5. The largest absolute Gasteiger partial charge is 0.465 e. The highest BCUT2D eigenvalue weighted by atomic mass is 32.2. The fourth-order valence-electron chi connectivity index (χ4n) is 1.92. The first-order valence-corrected chi connectivity index (χ1v) is 8.83. The minimum absolute atomic E-state index is 0.229. The van der Waals surface area contributed by atoms with E-state index in [0.717, 1.165) is 0 Å². The number of urea groups is 1. The van der Waals surface area contributed by atoms with Gasteiger partial charge in [0.15, 0.2) is 0 Å². The van der Waals surface area contributed by atoms with Gasteiger partial charge in [-0.15, -0.1) is 0 Å². The SMILES string of the molecule is CCOC(=O)C(CCSC)NC(=O)Nc1ccccc1C(=O)OC. The van der Waals surface area contributed by atoms with Crippen LogP contribution in [0.5, 0.6) is 0 Å². The number of thioether (sulfide) groups is 1. The molecule has 0 aliphatic rings. The summed E-state index contributed by atoms with van der Waals surface area (Å²) < 4.78 is 9.64. The molecule has 0 saturated carbocycles. The van der Waals surface area contributed by atoms with E-state index in [1.807, 2.05) is 6.26 Å². The third kappa shape index (κ3) is 6.11. The summed E-state index contributed by atoms with van der Waals surface area (Å²) in [5.41, 5.74) is 0.529. The highest BCUT2D eigenvalue weighted by Crippen LogP contribution is 2.16. The molecular weight excluding hydrogens is 332 g/mol. The molecule has 0 bridgehead atoms. The van der Waals surface area contributed by atoms with Gasteiger partial charge in [-0.1, -0.05) is 12.1 Å². The van der Waals surface area contributed by atoms with Gasteiger partial charge in [0, 0.05) is 0 Å². The fraction of sp³-hybridized carbons (Fsp3) is 0.438. The number of esters is 2. The van der Waals surface area contributed by atoms with Crippen LogP contribution >= 0.6 is 11.8 Å². The quantitative estimate of drug-likeness (QED) is 0.696. The van der Waals surface area contributed by atoms with Crippen molar-refractivity contribution in [1.82, 2.24) is 5.32 Å². The topological polar surface area (TPSA) is 93.7 Å². The zero-order valence-electron chi connectivity index (χ0n) is 14.0. The number of anilines is 1. The fourth-order valence-corrected chi connectivity index (χ4v) is 2.40. The van der Waals surface area contributed by atoms with E-state index in [1.54, 1.807) is 36.9 Å². The van der Waals surface area contributed by atoms with Crippen LogP contribution < -0.4 is 10.6 Å². The van der Waals surface area contributed by atoms with Crippen molar-refractivity contribution in [3.05, 3.63) is 29.8 Å². The van der Waals surface area contributed by atoms with E-state index >= 15 is 0 Å². The third-order valence-corrected chi connectivity index (χ3v) is 3.71. The molecule has 0 radical (unpaired) electrons. The number of amides is 2. The molecule has 7 nitrogen and oxygen atoms in total. The number of hydrogen-bond donors (Lipinski definition) is 2. The van der Waals surface area contributed by atoms with E-state index < -0.39 is 24.0 Å². The van der Waals surface area contributed by atoms with Crippen LogP contribution in [-0.4, -0.2) is 49.7 Å². The Kier molecular flexibility index (Phi) is 8.70. The molecule has 2 N–H and O–H groups in total. The maximum Gasteiger partial charge on any atom is 0.339 e. The first kappa shape index (κ1) is 19.8. The summed E-state index contributed by atoms with van der Waals surface area (Å²) in [7, 11) is 1.26. The summed E-state index contributed by atoms with van der Waals surface area (Å²) in [6.45, 7) is 1.94. The Labute approximate surface area is 145 Å². The minimum Gasteiger partial charge on any atom is -0.465 e. The van der Waals surface area contributed by atoms with Gasteiger partial charge in [0.2, 0.25) is 0 Å². The number of benzene rings is 1. The zero-order valence-corrected chi connectivity index (χ0v) is 14.8. The lowest BCUT2D eigenvalue weighted by Gasteiger charge is -2.18. The van der Waals surface area contributed by atoms with Gasteiger partial charge in [-0.3, -0.25) is 0 Å². The van der Waals surface area contributed by atoms with E-state index in [2.05, 4.69) is 15.4 Å². The predicted octanol–water partition coefficient (Wildman–Crippen LogP) is 2.28. The van der Waals surface area contributed by atoms with Gasteiger partial charge < -0.3 is 20.1 Å². The van der Waals surface area contributed by atoms with Crippen molar-refractivity contribution >= 4 is 35.4 Å². The lowest BCUT2D eigenvalue weighted by molar-refractivity contribution is -0.145. The number of ether oxygens (including phenoxy) is 2. The predicted molar refractivity (Wildman–Crippen MR) is 93.4 cm³/mol. The lowest BCUT2D eigenvalue weighted by Crippen LogP contribution is -2.44. The number of carbonyl (C=O) groups excluding carboxylic acids is 3. The van der Waals surface area contributed by atoms with Crippen molar-refractivity contribution in [2.45, 2.75) is 19.4 Å². The molecular formula is C16H22N2O5S. The Balaban J connectivity index is 2.79. The first-order valence-electron chi connectivity index (χ1n) is 7.43. The summed E-state index contributed by atoms with van der Waals surface area (Å²) in [4.78, 5) is 35.8. The second-order valence-corrected chi connectivity index (χ2v) is 5.71. The summed E-state index contributed by atoms with van der Waals surface area (Å²) in [5, 5.41) is 5.14. The lowest BCUT2D eigenvalue weighted by atomic mass is 10.2. The molecule has 132 valence electrons. The molecule has 1 aromatic rings. The van der Waals surface area contributed by atoms with Crippen molar-refractivity contribution in [1.29, 1.82) is 0 Å². The van der Waals surface area contributed by atoms with E-state index in [9.17, 15) is 14.4 Å². The number of nitrogens with one attached hydrogen (secondary N) is 2. The summed E-state index contributed by atoms with van der Waals surface area (Å²) in [6.07, 6.45) is 2.36. The molecule has 1 atom stereocenters. The molecule has 1 aromatic carbocycles. The molecule has 0 aliphatic carbocycles. The molecule has 0 spiro atoms. The Morgan fingerprint density at radius 3 is 2.58 bits per heavy atom. The molecule has 1 unspecified atom stereocenters. The van der Waals surface area contributed by atoms with Crippen molar-refractivity contribution < 1.29 is 23.9 Å². The molecule has 0 saturated heterocycles. The van der Waals surface area contributed by atoms with Crippen LogP contribution in [0.3, 0.4) is 0 Å². The molecule has 24 heavy (non-hydrogen) atoms. The molecule has 0 aromatic heterocycles. The summed E-state index contributed by atoms with van der Waals surface area (Å²) in [6, 6.07) is 5.12. The van der Waals surface area contributed by atoms with Crippen LogP contribution in [0.2, 0.25) is 0 Å². The van der Waals surface area contributed by atoms with Crippen LogP contribution in [0.4, 0.5) is 10.5 Å². The van der Waals surface area contributed by atoms with Crippen molar-refractivity contribution in [3.8, 4) is 0 Å². The zero-order chi connectivity index (χ0) is 17.9. The molecule has 2 amide bonds. The standard InChI is InChI=1S/C16H22N2O5S/c1-4-23-15(20)13(9-10-24-3)18-16(21)17-12-8-6-5-7-11(12)14(19)22-2/h5-8,13H,4,9-10H2,1-3H3,(H2,17,18,21). The Hall–Kier alpha value is -2.22. The number of methoxy groups -OCH3 is 1. The number of carbonyl (C=O) groups is 3. The van der Waals surface area contributed by atoms with Crippen molar-refractivity contribution in [2.24, 2.45) is 0 Å². The molecule has 0 aliphatic heterocycles. The van der Waals surface area contributed by atoms with Crippen LogP contribution in [0.1, 0.15) is 23.7 Å². The maximum atomic E-state index is 12.2. The Bertz CT molecular complexity index is 579. The normalized spacial score (nSPS) is 11.3. The van der Waals surface area contributed by atoms with Crippen molar-refractivity contribution in [3.63, 3.8) is 0 Å². The average molecular weight is 354 g/mol. The van der Waals surface area contributed by atoms with Crippen molar-refractivity contribution in [2.75, 3.05) is 31.0 Å². The first-order chi connectivity index (χ1) is 11.5. The summed E-state index contributed by atoms with van der Waals surface area (Å²) in [5.74, 6) is -0.346. The van der Waals surface area contributed by atoms with E-state index in [1.165, 1.54) is 13.2 Å². The average Bonchev–Trinajstić information content (AvgIpc) is 2.58.